The average Bonchev–Trinajstić information content (AvgIpc) is 2.74. The minimum Gasteiger partial charge on any atom is -0.347 e. The van der Waals surface area contributed by atoms with E-state index in [0.29, 0.717) is 16.7 Å². The van der Waals surface area contributed by atoms with Crippen LogP contribution in [-0.2, 0) is 7.05 Å². The normalized spacial score (nSPS) is 10.3. The molecule has 19 heavy (non-hydrogen) atoms. The predicted octanol–water partition coefficient (Wildman–Crippen LogP) is 1.79. The van der Waals surface area contributed by atoms with Crippen molar-refractivity contribution >= 4 is 29.1 Å². The number of hydrogen-bond donors (Lipinski definition) is 1. The number of nitrogens with zero attached hydrogens (tertiary/aromatic N) is 4. The van der Waals surface area contributed by atoms with E-state index >= 15 is 0 Å². The molecule has 0 saturated heterocycles. The van der Waals surface area contributed by atoms with Crippen molar-refractivity contribution in [2.45, 2.75) is 0 Å². The van der Waals surface area contributed by atoms with E-state index in [0.717, 1.165) is 0 Å². The summed E-state index contributed by atoms with van der Waals surface area (Å²) < 4.78 is 1.63. The van der Waals surface area contributed by atoms with Crippen LogP contribution < -0.4 is 10.2 Å². The Labute approximate surface area is 116 Å². The minimum absolute atomic E-state index is 0.249. The molecule has 1 N–H and O–H groups in total. The Balaban J connectivity index is 2.18. The molecule has 1 aromatic carbocycles. The molecular formula is C12H14ClN5O. The van der Waals surface area contributed by atoms with Crippen LogP contribution in [0.15, 0.2) is 24.3 Å². The van der Waals surface area contributed by atoms with Crippen LogP contribution >= 0.6 is 11.6 Å². The lowest BCUT2D eigenvalue weighted by atomic mass is 10.3. The average molecular weight is 280 g/mol. The number of nitrogens with one attached hydrogen (secondary N) is 1. The molecule has 0 fully saturated rings. The standard InChI is InChI=1S/C12H14ClN5O/c1-17(2)12-16-15-10(18(12)3)11(19)14-9-6-4-8(13)5-7-9/h4-7H,1-3H3,(H,14,19). The highest BCUT2D eigenvalue weighted by Crippen LogP contribution is 2.15. The molecule has 1 aromatic heterocycles. The van der Waals surface area contributed by atoms with Crippen molar-refractivity contribution in [1.29, 1.82) is 0 Å². The summed E-state index contributed by atoms with van der Waals surface area (Å²) in [6, 6.07) is 6.87. The van der Waals surface area contributed by atoms with Gasteiger partial charge in [0.15, 0.2) is 0 Å². The number of halogens is 1. The zero-order valence-electron chi connectivity index (χ0n) is 10.9. The fourth-order valence-electron chi connectivity index (χ4n) is 1.63. The molecule has 0 aliphatic heterocycles. The van der Waals surface area contributed by atoms with Crippen LogP contribution in [0, 0.1) is 0 Å². The Hall–Kier alpha value is -2.08. The second-order valence-corrected chi connectivity index (χ2v) is 4.67. The Morgan fingerprint density at radius 3 is 2.42 bits per heavy atom. The Morgan fingerprint density at radius 2 is 1.89 bits per heavy atom. The second kappa shape index (κ2) is 5.27. The SMILES string of the molecule is CN(C)c1nnc(C(=O)Nc2ccc(Cl)cc2)n1C. The van der Waals surface area contributed by atoms with Crippen molar-refractivity contribution in [3.63, 3.8) is 0 Å². The van der Waals surface area contributed by atoms with Gasteiger partial charge >= 0.3 is 0 Å². The van der Waals surface area contributed by atoms with Gasteiger partial charge in [0.1, 0.15) is 0 Å². The van der Waals surface area contributed by atoms with Crippen molar-refractivity contribution in [1.82, 2.24) is 14.8 Å². The van der Waals surface area contributed by atoms with Gasteiger partial charge in [0.25, 0.3) is 5.91 Å². The van der Waals surface area contributed by atoms with Gasteiger partial charge < -0.3 is 10.2 Å². The van der Waals surface area contributed by atoms with Crippen LogP contribution in [0.1, 0.15) is 10.6 Å². The van der Waals surface area contributed by atoms with E-state index in [1.54, 1.807) is 40.8 Å². The number of hydrogen-bond acceptors (Lipinski definition) is 4. The van der Waals surface area contributed by atoms with Crippen molar-refractivity contribution in [2.75, 3.05) is 24.3 Å². The molecule has 7 heteroatoms. The van der Waals surface area contributed by atoms with Gasteiger partial charge in [-0.2, -0.15) is 0 Å². The predicted molar refractivity (Wildman–Crippen MR) is 74.7 cm³/mol. The highest BCUT2D eigenvalue weighted by atomic mass is 35.5. The lowest BCUT2D eigenvalue weighted by molar-refractivity contribution is 0.101. The number of anilines is 2. The first-order chi connectivity index (χ1) is 8.99. The first kappa shape index (κ1) is 13.4. The number of aromatic nitrogens is 3. The largest absolute Gasteiger partial charge is 0.347 e. The molecular weight excluding hydrogens is 266 g/mol. The summed E-state index contributed by atoms with van der Waals surface area (Å²) in [5, 5.41) is 11.2. The first-order valence-electron chi connectivity index (χ1n) is 5.62. The van der Waals surface area contributed by atoms with Gasteiger partial charge in [-0.3, -0.25) is 9.36 Å². The van der Waals surface area contributed by atoms with Gasteiger partial charge in [0, 0.05) is 31.9 Å². The summed E-state index contributed by atoms with van der Waals surface area (Å²) in [7, 11) is 5.42. The number of carbonyl (C=O) groups is 1. The van der Waals surface area contributed by atoms with Gasteiger partial charge in [-0.1, -0.05) is 11.6 Å². The van der Waals surface area contributed by atoms with Crippen LogP contribution in [0.2, 0.25) is 5.02 Å². The quantitative estimate of drug-likeness (QED) is 0.930. The van der Waals surface area contributed by atoms with E-state index in [1.807, 2.05) is 14.1 Å². The lowest BCUT2D eigenvalue weighted by Crippen LogP contribution is -2.19. The van der Waals surface area contributed by atoms with Gasteiger partial charge in [-0.05, 0) is 24.3 Å². The van der Waals surface area contributed by atoms with Crippen LogP contribution in [-0.4, -0.2) is 34.8 Å². The summed E-state index contributed by atoms with van der Waals surface area (Å²) >= 11 is 5.78. The van der Waals surface area contributed by atoms with Gasteiger partial charge in [-0.25, -0.2) is 0 Å². The van der Waals surface area contributed by atoms with E-state index in [2.05, 4.69) is 15.5 Å². The topological polar surface area (TPSA) is 63.1 Å². The molecule has 0 aliphatic carbocycles. The molecule has 0 aliphatic rings. The van der Waals surface area contributed by atoms with E-state index in [1.165, 1.54) is 0 Å². The van der Waals surface area contributed by atoms with Crippen molar-refractivity contribution in [3.05, 3.63) is 35.1 Å². The smallest absolute Gasteiger partial charge is 0.293 e. The molecule has 100 valence electrons. The zero-order valence-corrected chi connectivity index (χ0v) is 11.6. The summed E-state index contributed by atoms with van der Waals surface area (Å²) in [5.74, 6) is 0.547. The maximum atomic E-state index is 12.1. The molecule has 0 bridgehead atoms. The Kier molecular flexibility index (Phi) is 3.71. The second-order valence-electron chi connectivity index (χ2n) is 4.24. The molecule has 6 nitrogen and oxygen atoms in total. The summed E-state index contributed by atoms with van der Waals surface area (Å²) in [6.45, 7) is 0. The van der Waals surface area contributed by atoms with Gasteiger partial charge in [-0.15, -0.1) is 10.2 Å². The number of amides is 1. The summed E-state index contributed by atoms with van der Waals surface area (Å²) in [5.41, 5.74) is 0.656. The van der Waals surface area contributed by atoms with Crippen molar-refractivity contribution in [3.8, 4) is 0 Å². The highest BCUT2D eigenvalue weighted by molar-refractivity contribution is 6.30. The van der Waals surface area contributed by atoms with Crippen LogP contribution in [0.5, 0.6) is 0 Å². The van der Waals surface area contributed by atoms with E-state index < -0.39 is 0 Å². The van der Waals surface area contributed by atoms with E-state index in [-0.39, 0.29) is 11.7 Å². The van der Waals surface area contributed by atoms with Gasteiger partial charge in [0.05, 0.1) is 0 Å². The zero-order chi connectivity index (χ0) is 14.0. The van der Waals surface area contributed by atoms with E-state index in [9.17, 15) is 4.79 Å². The molecule has 1 heterocycles. The maximum Gasteiger partial charge on any atom is 0.293 e. The number of benzene rings is 1. The maximum absolute atomic E-state index is 12.1. The molecule has 0 saturated carbocycles. The monoisotopic (exact) mass is 279 g/mol. The summed E-state index contributed by atoms with van der Waals surface area (Å²) in [4.78, 5) is 13.9. The Bertz CT molecular complexity index is 591. The molecule has 2 rings (SSSR count). The fraction of sp³-hybridized carbons (Fsp3) is 0.250. The van der Waals surface area contributed by atoms with Crippen molar-refractivity contribution < 1.29 is 4.79 Å². The third-order valence-electron chi connectivity index (χ3n) is 2.56. The third kappa shape index (κ3) is 2.85. The number of rotatable bonds is 3. The third-order valence-corrected chi connectivity index (χ3v) is 2.81. The fourth-order valence-corrected chi connectivity index (χ4v) is 1.75. The van der Waals surface area contributed by atoms with Crippen molar-refractivity contribution in [2.24, 2.45) is 7.05 Å². The molecule has 0 atom stereocenters. The first-order valence-corrected chi connectivity index (χ1v) is 6.00. The molecule has 0 radical (unpaired) electrons. The van der Waals surface area contributed by atoms with Crippen LogP contribution in [0.4, 0.5) is 11.6 Å². The molecule has 0 unspecified atom stereocenters. The lowest BCUT2D eigenvalue weighted by Gasteiger charge is -2.10. The number of carbonyl (C=O) groups excluding carboxylic acids is 1. The molecule has 2 aromatic rings. The minimum atomic E-state index is -0.314. The molecule has 0 spiro atoms. The molecule has 1 amide bonds. The summed E-state index contributed by atoms with van der Waals surface area (Å²) in [6.07, 6.45) is 0. The van der Waals surface area contributed by atoms with E-state index in [4.69, 9.17) is 11.6 Å². The van der Waals surface area contributed by atoms with Gasteiger partial charge in [0.2, 0.25) is 11.8 Å². The Morgan fingerprint density at radius 1 is 1.26 bits per heavy atom. The van der Waals surface area contributed by atoms with Crippen LogP contribution in [0.25, 0.3) is 0 Å². The highest BCUT2D eigenvalue weighted by Gasteiger charge is 2.17. The van der Waals surface area contributed by atoms with Crippen LogP contribution in [0.3, 0.4) is 0 Å².